The van der Waals surface area contributed by atoms with Crippen molar-refractivity contribution >= 4 is 11.2 Å². The minimum atomic E-state index is 0.267. The Bertz CT molecular complexity index is 809. The Morgan fingerprint density at radius 2 is 2.00 bits per heavy atom. The summed E-state index contributed by atoms with van der Waals surface area (Å²) in [5.41, 5.74) is 2.78. The van der Waals surface area contributed by atoms with E-state index in [2.05, 4.69) is 21.5 Å². The lowest BCUT2D eigenvalue weighted by atomic mass is 10.1. The second-order valence-corrected chi connectivity index (χ2v) is 5.92. The number of pyridine rings is 1. The van der Waals surface area contributed by atoms with Crippen molar-refractivity contribution in [1.29, 1.82) is 0 Å². The fourth-order valence-electron chi connectivity index (χ4n) is 3.21. The number of phenolic OH excluding ortho intramolecular Hbond substituents is 1. The van der Waals surface area contributed by atoms with E-state index >= 15 is 0 Å². The molecule has 1 aliphatic heterocycles. The lowest BCUT2D eigenvalue weighted by molar-refractivity contribution is 0.409. The maximum Gasteiger partial charge on any atom is 0.164 e. The molecule has 5 heteroatoms. The van der Waals surface area contributed by atoms with Crippen LogP contribution < -0.4 is 0 Å². The summed E-state index contributed by atoms with van der Waals surface area (Å²) in [5, 5.41) is 9.54. The molecule has 0 bridgehead atoms. The predicted octanol–water partition coefficient (Wildman–Crippen LogP) is 2.55. The summed E-state index contributed by atoms with van der Waals surface area (Å²) in [4.78, 5) is 11.7. The Hall–Kier alpha value is -2.40. The van der Waals surface area contributed by atoms with Crippen LogP contribution in [0.2, 0.25) is 0 Å². The van der Waals surface area contributed by atoms with Crippen LogP contribution in [0.1, 0.15) is 18.2 Å². The van der Waals surface area contributed by atoms with E-state index in [-0.39, 0.29) is 5.75 Å². The average molecular weight is 294 g/mol. The third kappa shape index (κ3) is 2.14. The van der Waals surface area contributed by atoms with Gasteiger partial charge in [-0.25, -0.2) is 9.97 Å². The number of likely N-dealkylation sites (N-methyl/N-ethyl adjacent to an activating group) is 1. The summed E-state index contributed by atoms with van der Waals surface area (Å²) < 4.78 is 2.12. The fraction of sp³-hybridized carbons (Fsp3) is 0.294. The average Bonchev–Trinajstić information content (AvgIpc) is 3.11. The van der Waals surface area contributed by atoms with Gasteiger partial charge < -0.3 is 10.0 Å². The highest BCUT2D eigenvalue weighted by atomic mass is 16.3. The Kier molecular flexibility index (Phi) is 3.08. The second-order valence-electron chi connectivity index (χ2n) is 5.92. The smallest absolute Gasteiger partial charge is 0.164 e. The third-order valence-corrected chi connectivity index (χ3v) is 4.31. The molecule has 1 saturated heterocycles. The molecule has 0 amide bonds. The maximum atomic E-state index is 9.54. The zero-order valence-electron chi connectivity index (χ0n) is 12.5. The van der Waals surface area contributed by atoms with Gasteiger partial charge in [0, 0.05) is 24.3 Å². The van der Waals surface area contributed by atoms with Crippen molar-refractivity contribution in [3.05, 3.63) is 48.4 Å². The molecule has 0 radical (unpaired) electrons. The minimum absolute atomic E-state index is 0.267. The number of aromatic hydroxyl groups is 1. The molecule has 1 atom stereocenters. The number of hydrogen-bond acceptors (Lipinski definition) is 4. The summed E-state index contributed by atoms with van der Waals surface area (Å²) in [6, 6.07) is 11.1. The van der Waals surface area contributed by atoms with E-state index in [0.29, 0.717) is 5.92 Å². The number of hydrogen-bond donors (Lipinski definition) is 1. The molecule has 1 aliphatic rings. The van der Waals surface area contributed by atoms with Crippen LogP contribution in [0.15, 0.2) is 42.6 Å². The van der Waals surface area contributed by atoms with Crippen LogP contribution in [0.4, 0.5) is 0 Å². The number of likely N-dealkylation sites (tertiary alicyclic amines) is 1. The third-order valence-electron chi connectivity index (χ3n) is 4.31. The lowest BCUT2D eigenvalue weighted by Gasteiger charge is -2.14. The van der Waals surface area contributed by atoms with Gasteiger partial charge in [-0.2, -0.15) is 0 Å². The standard InChI is InChI=1S/C17H18N4O/c1-20-10-8-12(11-20)16-19-15-3-2-9-18-17(15)21(16)13-4-6-14(22)7-5-13/h2-7,9,12,22H,8,10-11H2,1H3. The van der Waals surface area contributed by atoms with Gasteiger partial charge in [-0.3, -0.25) is 4.57 Å². The number of imidazole rings is 1. The van der Waals surface area contributed by atoms with Gasteiger partial charge in [0.1, 0.15) is 17.1 Å². The topological polar surface area (TPSA) is 54.2 Å². The first-order valence-electron chi connectivity index (χ1n) is 7.53. The van der Waals surface area contributed by atoms with E-state index in [9.17, 15) is 5.11 Å². The largest absolute Gasteiger partial charge is 0.508 e. The Balaban J connectivity index is 1.92. The van der Waals surface area contributed by atoms with Gasteiger partial charge in [-0.15, -0.1) is 0 Å². The summed E-state index contributed by atoms with van der Waals surface area (Å²) in [6.45, 7) is 2.11. The molecule has 22 heavy (non-hydrogen) atoms. The molecular weight excluding hydrogens is 276 g/mol. The fourth-order valence-corrected chi connectivity index (χ4v) is 3.21. The highest BCUT2D eigenvalue weighted by Gasteiger charge is 2.27. The number of aromatic nitrogens is 3. The lowest BCUT2D eigenvalue weighted by Crippen LogP contribution is -2.15. The highest BCUT2D eigenvalue weighted by Crippen LogP contribution is 2.31. The Morgan fingerprint density at radius 1 is 1.18 bits per heavy atom. The maximum absolute atomic E-state index is 9.54. The number of rotatable bonds is 2. The van der Waals surface area contributed by atoms with Gasteiger partial charge in [-0.05, 0) is 56.4 Å². The zero-order chi connectivity index (χ0) is 15.1. The molecule has 3 heterocycles. The molecule has 1 unspecified atom stereocenters. The van der Waals surface area contributed by atoms with Crippen molar-refractivity contribution in [2.24, 2.45) is 0 Å². The van der Waals surface area contributed by atoms with Crippen LogP contribution in [-0.2, 0) is 0 Å². The Morgan fingerprint density at radius 3 is 2.73 bits per heavy atom. The van der Waals surface area contributed by atoms with Gasteiger partial charge in [0.15, 0.2) is 5.65 Å². The van der Waals surface area contributed by atoms with Crippen LogP contribution in [0, 0.1) is 0 Å². The van der Waals surface area contributed by atoms with E-state index < -0.39 is 0 Å². The van der Waals surface area contributed by atoms with E-state index in [4.69, 9.17) is 4.98 Å². The molecule has 1 fully saturated rings. The molecule has 0 spiro atoms. The first-order valence-corrected chi connectivity index (χ1v) is 7.53. The van der Waals surface area contributed by atoms with Crippen LogP contribution in [0.25, 0.3) is 16.9 Å². The minimum Gasteiger partial charge on any atom is -0.508 e. The quantitative estimate of drug-likeness (QED) is 0.789. The molecule has 5 nitrogen and oxygen atoms in total. The second kappa shape index (κ2) is 5.10. The summed E-state index contributed by atoms with van der Waals surface area (Å²) in [6.07, 6.45) is 2.91. The van der Waals surface area contributed by atoms with Gasteiger partial charge in [0.25, 0.3) is 0 Å². The van der Waals surface area contributed by atoms with Crippen molar-refractivity contribution in [2.75, 3.05) is 20.1 Å². The monoisotopic (exact) mass is 294 g/mol. The van der Waals surface area contributed by atoms with E-state index in [0.717, 1.165) is 42.2 Å². The first kappa shape index (κ1) is 13.3. The first-order chi connectivity index (χ1) is 10.7. The molecule has 0 aliphatic carbocycles. The van der Waals surface area contributed by atoms with E-state index in [1.165, 1.54) is 0 Å². The molecule has 1 aromatic carbocycles. The van der Waals surface area contributed by atoms with Crippen molar-refractivity contribution in [2.45, 2.75) is 12.3 Å². The van der Waals surface area contributed by atoms with Gasteiger partial charge in [-0.1, -0.05) is 0 Å². The number of fused-ring (bicyclic) bond motifs is 1. The van der Waals surface area contributed by atoms with E-state index in [1.54, 1.807) is 18.3 Å². The molecule has 2 aromatic heterocycles. The van der Waals surface area contributed by atoms with Crippen LogP contribution in [-0.4, -0.2) is 44.7 Å². The molecule has 0 saturated carbocycles. The summed E-state index contributed by atoms with van der Waals surface area (Å²) in [5.74, 6) is 1.74. The molecule has 3 aromatic rings. The molecule has 4 rings (SSSR count). The van der Waals surface area contributed by atoms with Crippen molar-refractivity contribution in [1.82, 2.24) is 19.4 Å². The van der Waals surface area contributed by atoms with Gasteiger partial charge >= 0.3 is 0 Å². The van der Waals surface area contributed by atoms with Crippen LogP contribution in [0.3, 0.4) is 0 Å². The van der Waals surface area contributed by atoms with E-state index in [1.807, 2.05) is 24.3 Å². The van der Waals surface area contributed by atoms with Crippen LogP contribution >= 0.6 is 0 Å². The van der Waals surface area contributed by atoms with Crippen molar-refractivity contribution < 1.29 is 5.11 Å². The van der Waals surface area contributed by atoms with Crippen LogP contribution in [0.5, 0.6) is 5.75 Å². The number of phenols is 1. The SMILES string of the molecule is CN1CCC(c2nc3cccnc3n2-c2ccc(O)cc2)C1. The van der Waals surface area contributed by atoms with Gasteiger partial charge in [0.2, 0.25) is 0 Å². The number of benzene rings is 1. The number of nitrogens with zero attached hydrogens (tertiary/aromatic N) is 4. The van der Waals surface area contributed by atoms with Crippen molar-refractivity contribution in [3.63, 3.8) is 0 Å². The summed E-state index contributed by atoms with van der Waals surface area (Å²) >= 11 is 0. The summed E-state index contributed by atoms with van der Waals surface area (Å²) in [7, 11) is 2.14. The zero-order valence-corrected chi connectivity index (χ0v) is 12.5. The van der Waals surface area contributed by atoms with Crippen molar-refractivity contribution in [3.8, 4) is 11.4 Å². The normalized spacial score (nSPS) is 19.0. The molecule has 112 valence electrons. The van der Waals surface area contributed by atoms with Gasteiger partial charge in [0.05, 0.1) is 0 Å². The highest BCUT2D eigenvalue weighted by molar-refractivity contribution is 5.74. The predicted molar refractivity (Wildman–Crippen MR) is 85.4 cm³/mol. The molecule has 1 N–H and O–H groups in total. The Labute approximate surface area is 128 Å². The molecular formula is C17H18N4O.